The fourth-order valence-corrected chi connectivity index (χ4v) is 5.69. The maximum absolute atomic E-state index is 13.7. The molecule has 0 radical (unpaired) electrons. The zero-order chi connectivity index (χ0) is 31.5. The number of hydrogen-bond acceptors (Lipinski definition) is 5. The molecule has 0 unspecified atom stereocenters. The Morgan fingerprint density at radius 3 is 2.37 bits per heavy atom. The van der Waals surface area contributed by atoms with Crippen molar-refractivity contribution in [3.05, 3.63) is 77.6 Å². The van der Waals surface area contributed by atoms with E-state index in [0.717, 1.165) is 10.6 Å². The van der Waals surface area contributed by atoms with Crippen molar-refractivity contribution >= 4 is 38.4 Å². The van der Waals surface area contributed by atoms with Crippen LogP contribution in [0.15, 0.2) is 65.1 Å². The van der Waals surface area contributed by atoms with E-state index in [4.69, 9.17) is 10.8 Å². The van der Waals surface area contributed by atoms with Gasteiger partial charge in [0.05, 0.1) is 29.7 Å². The molecule has 0 atom stereocenters. The molecule has 0 aliphatic carbocycles. The Kier molecular flexibility index (Phi) is 9.07. The van der Waals surface area contributed by atoms with Crippen LogP contribution in [0.5, 0.6) is 0 Å². The third kappa shape index (κ3) is 6.78. The molecule has 0 saturated heterocycles. The van der Waals surface area contributed by atoms with E-state index in [1.807, 2.05) is 0 Å². The zero-order valence-electron chi connectivity index (χ0n) is 24.3. The largest absolute Gasteiger partial charge is 0.455 e. The Morgan fingerprint density at radius 2 is 1.77 bits per heavy atom. The summed E-state index contributed by atoms with van der Waals surface area (Å²) in [4.78, 5) is 26.3. The number of carbonyl (C=O) groups is 2. The minimum absolute atomic E-state index is 0.0628. The highest BCUT2D eigenvalue weighted by atomic mass is 32.2. The minimum atomic E-state index is -3.91. The lowest BCUT2D eigenvalue weighted by atomic mass is 9.95. The van der Waals surface area contributed by atoms with Crippen LogP contribution in [0.2, 0.25) is 0 Å². The number of benzene rings is 3. The van der Waals surface area contributed by atoms with Crippen molar-refractivity contribution in [2.45, 2.75) is 39.2 Å². The first-order valence-corrected chi connectivity index (χ1v) is 15.5. The molecule has 0 fully saturated rings. The summed E-state index contributed by atoms with van der Waals surface area (Å²) < 4.78 is 60.2. The minimum Gasteiger partial charge on any atom is -0.455 e. The Hall–Kier alpha value is -4.49. The van der Waals surface area contributed by atoms with Crippen molar-refractivity contribution in [2.24, 2.45) is 0 Å². The molecule has 4 rings (SSSR count). The molecule has 0 bridgehead atoms. The fraction of sp³-hybridized carbons (Fsp3) is 0.273. The first-order chi connectivity index (χ1) is 20.3. The number of rotatable bonds is 11. The van der Waals surface area contributed by atoms with Gasteiger partial charge in [-0.15, -0.1) is 6.42 Å². The van der Waals surface area contributed by atoms with Gasteiger partial charge in [0.1, 0.15) is 17.2 Å². The van der Waals surface area contributed by atoms with Gasteiger partial charge in [0.2, 0.25) is 10.0 Å². The number of ketones is 1. The molecule has 0 spiro atoms. The first-order valence-electron chi connectivity index (χ1n) is 13.6. The summed E-state index contributed by atoms with van der Waals surface area (Å²) >= 11 is 0. The smallest absolute Gasteiger partial charge is 0.252 e. The van der Waals surface area contributed by atoms with Gasteiger partial charge in [-0.05, 0) is 68.3 Å². The Morgan fingerprint density at radius 1 is 1.07 bits per heavy atom. The molecule has 1 aromatic heterocycles. The lowest BCUT2D eigenvalue weighted by Crippen LogP contribution is -2.42. The van der Waals surface area contributed by atoms with Gasteiger partial charge >= 0.3 is 0 Å². The number of nitrogens with zero attached hydrogens (tertiary/aromatic N) is 1. The SMILES string of the molecule is C#CC(C)(C)NC(=O)c1cccc(-c2cc3c(C(=O)CC)c(-c4ccc(F)cc4)oc3cc2N(CCCF)S(C)(=O)=O)c1. The quantitative estimate of drug-likeness (QED) is 0.150. The standard InChI is InChI=1S/C33H32F2N2O5S/c1-6-28(38)30-26-19-25(22-10-8-11-23(18-22)32(39)36-33(3,4)7-2)27(37(17-9-16-34)43(5,40)41)20-29(26)42-31(30)21-12-14-24(35)15-13-21/h2,8,10-15,18-20H,6,9,16-17H2,1,3-5H3,(H,36,39). The Bertz CT molecular complexity index is 1840. The van der Waals surface area contributed by atoms with Crippen LogP contribution in [0.25, 0.3) is 33.4 Å². The summed E-state index contributed by atoms with van der Waals surface area (Å²) in [5, 5.41) is 3.18. The fourth-order valence-electron chi connectivity index (χ4n) is 4.72. The zero-order valence-corrected chi connectivity index (χ0v) is 25.1. The summed E-state index contributed by atoms with van der Waals surface area (Å²) in [7, 11) is -3.91. The number of Topliss-reactive ketones (excluding diaryl/α,β-unsaturated/α-hetero) is 1. The molecular formula is C33H32F2N2O5S. The maximum Gasteiger partial charge on any atom is 0.252 e. The number of nitrogens with one attached hydrogen (secondary N) is 1. The van der Waals surface area contributed by atoms with E-state index >= 15 is 0 Å². The van der Waals surface area contributed by atoms with Gasteiger partial charge < -0.3 is 9.73 Å². The van der Waals surface area contributed by atoms with Gasteiger partial charge in [0, 0.05) is 41.1 Å². The number of furan rings is 1. The first kappa shape index (κ1) is 31.4. The van der Waals surface area contributed by atoms with E-state index in [2.05, 4.69) is 11.2 Å². The molecule has 0 aliphatic rings. The summed E-state index contributed by atoms with van der Waals surface area (Å²) in [6.07, 6.45) is 6.63. The molecule has 224 valence electrons. The highest BCUT2D eigenvalue weighted by Crippen LogP contribution is 2.42. The van der Waals surface area contributed by atoms with E-state index < -0.39 is 34.0 Å². The average molecular weight is 607 g/mol. The molecule has 43 heavy (non-hydrogen) atoms. The third-order valence-corrected chi connectivity index (χ3v) is 8.08. The van der Waals surface area contributed by atoms with E-state index in [1.165, 1.54) is 30.3 Å². The molecule has 7 nitrogen and oxygen atoms in total. The Labute approximate surface area is 249 Å². The number of terminal acetylenes is 1. The Balaban J connectivity index is 2.04. The second-order valence-electron chi connectivity index (χ2n) is 10.6. The third-order valence-electron chi connectivity index (χ3n) is 6.90. The van der Waals surface area contributed by atoms with Crippen molar-refractivity contribution in [1.82, 2.24) is 5.32 Å². The molecule has 3 aromatic carbocycles. The molecule has 4 aromatic rings. The van der Waals surface area contributed by atoms with E-state index in [0.29, 0.717) is 22.1 Å². The van der Waals surface area contributed by atoms with Gasteiger partial charge in [-0.3, -0.25) is 18.3 Å². The van der Waals surface area contributed by atoms with Crippen LogP contribution in [0.4, 0.5) is 14.5 Å². The topological polar surface area (TPSA) is 96.7 Å². The van der Waals surface area contributed by atoms with E-state index in [-0.39, 0.29) is 53.3 Å². The molecule has 1 amide bonds. The maximum atomic E-state index is 13.7. The van der Waals surface area contributed by atoms with Crippen molar-refractivity contribution in [3.63, 3.8) is 0 Å². The molecular weight excluding hydrogens is 574 g/mol. The van der Waals surface area contributed by atoms with Crippen LogP contribution in [0.3, 0.4) is 0 Å². The predicted molar refractivity (Wildman–Crippen MR) is 165 cm³/mol. The second kappa shape index (κ2) is 12.4. The lowest BCUT2D eigenvalue weighted by molar-refractivity contribution is 0.0928. The van der Waals surface area contributed by atoms with E-state index in [1.54, 1.807) is 51.1 Å². The lowest BCUT2D eigenvalue weighted by Gasteiger charge is -2.25. The number of anilines is 1. The highest BCUT2D eigenvalue weighted by molar-refractivity contribution is 7.92. The van der Waals surface area contributed by atoms with Crippen LogP contribution in [0, 0.1) is 18.2 Å². The van der Waals surface area contributed by atoms with E-state index in [9.17, 15) is 26.8 Å². The number of amides is 1. The number of alkyl halides is 1. The van der Waals surface area contributed by atoms with Crippen molar-refractivity contribution in [2.75, 3.05) is 23.8 Å². The second-order valence-corrected chi connectivity index (χ2v) is 12.5. The van der Waals surface area contributed by atoms with Crippen LogP contribution in [-0.2, 0) is 10.0 Å². The van der Waals surface area contributed by atoms with Crippen molar-refractivity contribution in [1.29, 1.82) is 0 Å². The number of halogens is 2. The van der Waals surface area contributed by atoms with Gasteiger partial charge in [0.25, 0.3) is 5.91 Å². The van der Waals surface area contributed by atoms with Gasteiger partial charge in [-0.25, -0.2) is 12.8 Å². The number of carbonyl (C=O) groups excluding carboxylic acids is 2. The predicted octanol–water partition coefficient (Wildman–Crippen LogP) is 6.77. The normalized spacial score (nSPS) is 11.7. The van der Waals surface area contributed by atoms with Crippen LogP contribution < -0.4 is 9.62 Å². The van der Waals surface area contributed by atoms with Crippen LogP contribution in [-0.4, -0.2) is 45.1 Å². The van der Waals surface area contributed by atoms with Gasteiger partial charge in [-0.2, -0.15) is 0 Å². The molecule has 1 heterocycles. The molecule has 0 aliphatic heterocycles. The van der Waals surface area contributed by atoms with Gasteiger partial charge in [0.15, 0.2) is 5.78 Å². The van der Waals surface area contributed by atoms with Crippen LogP contribution in [0.1, 0.15) is 54.3 Å². The monoisotopic (exact) mass is 606 g/mol. The summed E-state index contributed by atoms with van der Waals surface area (Å²) in [6.45, 7) is 4.16. The average Bonchev–Trinajstić information content (AvgIpc) is 3.34. The summed E-state index contributed by atoms with van der Waals surface area (Å²) in [5.74, 6) is 1.59. The highest BCUT2D eigenvalue weighted by Gasteiger charge is 2.27. The number of sulfonamides is 1. The number of fused-ring (bicyclic) bond motifs is 1. The summed E-state index contributed by atoms with van der Waals surface area (Å²) in [6, 6.07) is 15.1. The molecule has 10 heteroatoms. The molecule has 0 saturated carbocycles. The van der Waals surface area contributed by atoms with Crippen molar-refractivity contribution < 1.29 is 31.2 Å². The number of hydrogen-bond donors (Lipinski definition) is 1. The molecule has 1 N–H and O–H groups in total. The van der Waals surface area contributed by atoms with Gasteiger partial charge in [-0.1, -0.05) is 25.0 Å². The van der Waals surface area contributed by atoms with Crippen LogP contribution >= 0.6 is 0 Å². The van der Waals surface area contributed by atoms with Crippen molar-refractivity contribution in [3.8, 4) is 34.8 Å². The summed E-state index contributed by atoms with van der Waals surface area (Å²) in [5.41, 5.74) is 1.31.